The number of aryl methyl sites for hydroxylation is 1. The largest absolute Gasteiger partial charge is 0.478 e. The second kappa shape index (κ2) is 7.30. The second-order valence-electron chi connectivity index (χ2n) is 8.29. The van der Waals surface area contributed by atoms with E-state index in [2.05, 4.69) is 0 Å². The molecule has 154 valence electrons. The molecule has 4 rings (SSSR count). The minimum absolute atomic E-state index is 0.0428. The van der Waals surface area contributed by atoms with Gasteiger partial charge in [0, 0.05) is 42.7 Å². The Hall–Kier alpha value is -2.67. The molecule has 0 radical (unpaired) electrons. The number of anilines is 1. The Labute approximate surface area is 168 Å². The lowest BCUT2D eigenvalue weighted by atomic mass is 10.0. The molecular formula is C22H26FN3O3. The van der Waals surface area contributed by atoms with Crippen molar-refractivity contribution < 1.29 is 14.3 Å². The van der Waals surface area contributed by atoms with Gasteiger partial charge < -0.3 is 20.3 Å². The van der Waals surface area contributed by atoms with Gasteiger partial charge in [-0.2, -0.15) is 0 Å². The summed E-state index contributed by atoms with van der Waals surface area (Å²) in [5.41, 5.74) is 8.24. The van der Waals surface area contributed by atoms with Gasteiger partial charge in [0.25, 0.3) is 5.56 Å². The molecule has 1 aliphatic carbocycles. The highest BCUT2D eigenvalue weighted by Gasteiger charge is 2.32. The Kier molecular flexibility index (Phi) is 4.94. The van der Waals surface area contributed by atoms with Crippen molar-refractivity contribution in [1.82, 2.24) is 4.57 Å². The molecule has 29 heavy (non-hydrogen) atoms. The molecule has 6 nitrogen and oxygen atoms in total. The number of pyridine rings is 1. The summed E-state index contributed by atoms with van der Waals surface area (Å²) in [6.07, 6.45) is 5.09. The third-order valence-corrected chi connectivity index (χ3v) is 6.13. The average Bonchev–Trinajstić information content (AvgIpc) is 3.36. The minimum Gasteiger partial charge on any atom is -0.478 e. The quantitative estimate of drug-likeness (QED) is 0.755. The lowest BCUT2D eigenvalue weighted by Gasteiger charge is -2.25. The summed E-state index contributed by atoms with van der Waals surface area (Å²) in [5, 5.41) is 9.54. The first-order valence-electron chi connectivity index (χ1n) is 10.1. The number of fused-ring (bicyclic) bond motifs is 1. The number of halogens is 1. The van der Waals surface area contributed by atoms with E-state index in [4.69, 9.17) is 10.8 Å². The maximum Gasteiger partial charge on any atom is 0.328 e. The van der Waals surface area contributed by atoms with Gasteiger partial charge in [0.1, 0.15) is 5.82 Å². The Morgan fingerprint density at radius 1 is 1.34 bits per heavy atom. The van der Waals surface area contributed by atoms with E-state index in [1.807, 2.05) is 18.7 Å². The van der Waals surface area contributed by atoms with Gasteiger partial charge in [-0.15, -0.1) is 0 Å². The molecule has 2 aliphatic rings. The number of rotatable bonds is 5. The highest BCUT2D eigenvalue weighted by Crippen LogP contribution is 2.41. The topological polar surface area (TPSA) is 88.6 Å². The monoisotopic (exact) mass is 399 g/mol. The standard InChI is InChI=1S/C22H26FN3O3/c1-12-21-17(10-18(23)22(12)25-8-7-15(11-25)13(2)24)14(3-6-20(28)29)9-19(27)26(21)16-4-5-16/h3,6,9-10,13,15-16H,4-5,7-8,11,24H2,1-2H3,(H,28,29)/b6-3+/t13-,15+/m0/s1. The van der Waals surface area contributed by atoms with Crippen LogP contribution in [-0.4, -0.2) is 34.8 Å². The van der Waals surface area contributed by atoms with E-state index in [1.54, 1.807) is 4.57 Å². The smallest absolute Gasteiger partial charge is 0.328 e. The van der Waals surface area contributed by atoms with E-state index in [0.29, 0.717) is 34.6 Å². The van der Waals surface area contributed by atoms with Crippen molar-refractivity contribution in [2.24, 2.45) is 11.7 Å². The van der Waals surface area contributed by atoms with Crippen LogP contribution in [0.15, 0.2) is 23.0 Å². The molecular weight excluding hydrogens is 373 g/mol. The minimum atomic E-state index is -1.11. The Morgan fingerprint density at radius 3 is 2.66 bits per heavy atom. The number of aliphatic carboxylic acids is 1. The maximum absolute atomic E-state index is 15.3. The molecule has 2 aromatic rings. The predicted octanol–water partition coefficient (Wildman–Crippen LogP) is 3.06. The normalized spacial score (nSPS) is 20.7. The van der Waals surface area contributed by atoms with Crippen LogP contribution in [0.3, 0.4) is 0 Å². The number of hydrogen-bond donors (Lipinski definition) is 2. The van der Waals surface area contributed by atoms with Crippen molar-refractivity contribution >= 4 is 28.6 Å². The van der Waals surface area contributed by atoms with E-state index < -0.39 is 5.97 Å². The molecule has 1 aromatic heterocycles. The summed E-state index contributed by atoms with van der Waals surface area (Å²) in [4.78, 5) is 25.8. The second-order valence-corrected chi connectivity index (χ2v) is 8.29. The van der Waals surface area contributed by atoms with Crippen molar-refractivity contribution in [2.45, 2.75) is 45.2 Å². The first-order valence-corrected chi connectivity index (χ1v) is 10.1. The van der Waals surface area contributed by atoms with Crippen LogP contribution in [0.4, 0.5) is 10.1 Å². The molecule has 3 N–H and O–H groups in total. The zero-order chi connectivity index (χ0) is 20.9. The van der Waals surface area contributed by atoms with E-state index in [1.165, 1.54) is 18.2 Å². The molecule has 2 heterocycles. The maximum atomic E-state index is 15.3. The molecule has 0 spiro atoms. The fourth-order valence-corrected chi connectivity index (χ4v) is 4.48. The molecule has 1 aliphatic heterocycles. The molecule has 2 fully saturated rings. The summed E-state index contributed by atoms with van der Waals surface area (Å²) in [6.45, 7) is 5.24. The van der Waals surface area contributed by atoms with Crippen molar-refractivity contribution in [1.29, 1.82) is 0 Å². The average molecular weight is 399 g/mol. The third-order valence-electron chi connectivity index (χ3n) is 6.13. The summed E-state index contributed by atoms with van der Waals surface area (Å²) in [7, 11) is 0. The highest BCUT2D eigenvalue weighted by molar-refractivity contribution is 5.96. The zero-order valence-corrected chi connectivity index (χ0v) is 16.7. The molecule has 0 amide bonds. The number of carboxylic acids is 1. The van der Waals surface area contributed by atoms with E-state index in [-0.39, 0.29) is 23.5 Å². The van der Waals surface area contributed by atoms with Crippen LogP contribution >= 0.6 is 0 Å². The third kappa shape index (κ3) is 3.55. The van der Waals surface area contributed by atoms with Crippen LogP contribution in [0.5, 0.6) is 0 Å². The molecule has 1 saturated heterocycles. The predicted molar refractivity (Wildman–Crippen MR) is 112 cm³/mol. The zero-order valence-electron chi connectivity index (χ0n) is 16.7. The van der Waals surface area contributed by atoms with Crippen LogP contribution in [0, 0.1) is 18.7 Å². The summed E-state index contributed by atoms with van der Waals surface area (Å²) < 4.78 is 17.0. The van der Waals surface area contributed by atoms with Gasteiger partial charge >= 0.3 is 5.97 Å². The number of carboxylic acid groups (broad SMARTS) is 1. The van der Waals surface area contributed by atoms with Crippen LogP contribution < -0.4 is 16.2 Å². The summed E-state index contributed by atoms with van der Waals surface area (Å²) >= 11 is 0. The summed E-state index contributed by atoms with van der Waals surface area (Å²) in [6, 6.07) is 3.01. The van der Waals surface area contributed by atoms with Crippen molar-refractivity contribution in [3.05, 3.63) is 45.5 Å². The summed E-state index contributed by atoms with van der Waals surface area (Å²) in [5.74, 6) is -1.16. The number of nitrogens with zero attached hydrogens (tertiary/aromatic N) is 2. The van der Waals surface area contributed by atoms with Crippen LogP contribution in [0.1, 0.15) is 43.4 Å². The van der Waals surface area contributed by atoms with Crippen molar-refractivity contribution in [3.63, 3.8) is 0 Å². The van der Waals surface area contributed by atoms with Crippen molar-refractivity contribution in [3.8, 4) is 0 Å². The van der Waals surface area contributed by atoms with Gasteiger partial charge in [0.05, 0.1) is 11.2 Å². The van der Waals surface area contributed by atoms with Gasteiger partial charge in [-0.3, -0.25) is 4.79 Å². The molecule has 0 unspecified atom stereocenters. The molecule has 1 saturated carbocycles. The fourth-order valence-electron chi connectivity index (χ4n) is 4.48. The van der Waals surface area contributed by atoms with Gasteiger partial charge in [-0.1, -0.05) is 0 Å². The Bertz CT molecular complexity index is 1070. The lowest BCUT2D eigenvalue weighted by molar-refractivity contribution is -0.131. The van der Waals surface area contributed by atoms with Crippen LogP contribution in [0.25, 0.3) is 17.0 Å². The number of carbonyl (C=O) groups is 1. The first kappa shape index (κ1) is 19.6. The highest BCUT2D eigenvalue weighted by atomic mass is 19.1. The van der Waals surface area contributed by atoms with E-state index in [9.17, 15) is 9.59 Å². The number of benzene rings is 1. The van der Waals surface area contributed by atoms with E-state index >= 15 is 4.39 Å². The van der Waals surface area contributed by atoms with Gasteiger partial charge in [-0.05, 0) is 62.3 Å². The number of hydrogen-bond acceptors (Lipinski definition) is 4. The molecule has 2 atom stereocenters. The Balaban J connectivity index is 1.93. The SMILES string of the molecule is Cc1c(N2CC[C@@H]([C@H](C)N)C2)c(F)cc2c(/C=C/C(=O)O)cc(=O)n(C3CC3)c12. The van der Waals surface area contributed by atoms with Gasteiger partial charge in [0.2, 0.25) is 0 Å². The number of nitrogens with two attached hydrogens (primary N) is 1. The van der Waals surface area contributed by atoms with Gasteiger partial charge in [0.15, 0.2) is 0 Å². The first-order chi connectivity index (χ1) is 13.8. The van der Waals surface area contributed by atoms with Crippen LogP contribution in [-0.2, 0) is 4.79 Å². The molecule has 0 bridgehead atoms. The van der Waals surface area contributed by atoms with Gasteiger partial charge in [-0.25, -0.2) is 9.18 Å². The molecule has 7 heteroatoms. The van der Waals surface area contributed by atoms with E-state index in [0.717, 1.165) is 37.4 Å². The van der Waals surface area contributed by atoms with Crippen LogP contribution in [0.2, 0.25) is 0 Å². The fraction of sp³-hybridized carbons (Fsp3) is 0.455. The Morgan fingerprint density at radius 2 is 2.07 bits per heavy atom. The lowest BCUT2D eigenvalue weighted by Crippen LogP contribution is -2.30. The molecule has 1 aromatic carbocycles. The van der Waals surface area contributed by atoms with Crippen molar-refractivity contribution in [2.75, 3.05) is 18.0 Å². The number of aromatic nitrogens is 1.